The van der Waals surface area contributed by atoms with Gasteiger partial charge in [0.15, 0.2) is 0 Å². The molecule has 0 aromatic carbocycles. The molecular weight excluding hydrogens is 321 g/mol. The Morgan fingerprint density at radius 3 is 1.45 bits per heavy atom. The van der Waals surface area contributed by atoms with Gasteiger partial charge in [-0.25, -0.2) is 0 Å². The first-order valence-corrected chi connectivity index (χ1v) is 4.04. The zero-order valence-electron chi connectivity index (χ0n) is 7.78. The molecule has 1 radical (unpaired) electrons. The van der Waals surface area contributed by atoms with Crippen molar-refractivity contribution in [1.82, 2.24) is 0 Å². The number of rotatable bonds is 4. The maximum absolute atomic E-state index is 11.1. The Labute approximate surface area is 85.5 Å². The Morgan fingerprint density at radius 2 is 1.27 bits per heavy atom. The van der Waals surface area contributed by atoms with E-state index in [9.17, 15) is 4.79 Å². The van der Waals surface area contributed by atoms with Crippen molar-refractivity contribution in [3.8, 4) is 0 Å². The fourth-order valence-electron chi connectivity index (χ4n) is 0.994. The summed E-state index contributed by atoms with van der Waals surface area (Å²) in [6, 6.07) is 0. The minimum atomic E-state index is 0. The zero-order valence-corrected chi connectivity index (χ0v) is 9.95. The molecule has 0 aromatic heterocycles. The van der Waals surface area contributed by atoms with Gasteiger partial charge in [0.25, 0.3) is 0 Å². The quantitative estimate of drug-likeness (QED) is 0.720. The van der Waals surface area contributed by atoms with Crippen molar-refractivity contribution in [2.75, 3.05) is 0 Å². The van der Waals surface area contributed by atoms with Crippen molar-refractivity contribution in [3.63, 3.8) is 0 Å². The molecule has 0 aliphatic heterocycles. The molecule has 0 aliphatic carbocycles. The molecule has 0 aromatic rings. The van der Waals surface area contributed by atoms with Crippen LogP contribution in [0.2, 0.25) is 0 Å². The van der Waals surface area contributed by atoms with Gasteiger partial charge in [-0.15, -0.1) is 0 Å². The van der Waals surface area contributed by atoms with Gasteiger partial charge in [-0.1, -0.05) is 27.7 Å². The predicted octanol–water partition coefficient (Wildman–Crippen LogP) is 2.65. The first kappa shape index (κ1) is 14.0. The monoisotopic (exact) mass is 339 g/mol. The van der Waals surface area contributed by atoms with Gasteiger partial charge in [0.1, 0.15) is 5.78 Å². The third kappa shape index (κ3) is 10.4. The van der Waals surface area contributed by atoms with E-state index >= 15 is 0 Å². The van der Waals surface area contributed by atoms with Crippen LogP contribution in [-0.2, 0) is 27.2 Å². The smallest absolute Gasteiger partial charge is 0.133 e. The normalized spacial score (nSPS) is 10.0. The molecule has 0 saturated heterocycles. The average molecular weight is 339 g/mol. The van der Waals surface area contributed by atoms with Crippen LogP contribution in [-0.4, -0.2) is 5.78 Å². The van der Waals surface area contributed by atoms with Crippen LogP contribution in [0.25, 0.3) is 0 Å². The molecule has 71 valence electrons. The van der Waals surface area contributed by atoms with E-state index in [0.29, 0.717) is 17.6 Å². The second-order valence-corrected chi connectivity index (χ2v) is 3.73. The molecule has 0 N–H and O–H groups in total. The Balaban J connectivity index is 0. The van der Waals surface area contributed by atoms with E-state index in [1.165, 1.54) is 0 Å². The minimum absolute atomic E-state index is 0. The van der Waals surface area contributed by atoms with E-state index in [0.717, 1.165) is 12.8 Å². The summed E-state index contributed by atoms with van der Waals surface area (Å²) in [7, 11) is 0. The summed E-state index contributed by atoms with van der Waals surface area (Å²) in [5, 5.41) is 0. The number of ketones is 1. The van der Waals surface area contributed by atoms with Gasteiger partial charge < -0.3 is 0 Å². The summed E-state index contributed by atoms with van der Waals surface area (Å²) >= 11 is 0. The molecule has 0 saturated carbocycles. The first-order valence-electron chi connectivity index (χ1n) is 4.04. The number of carbonyl (C=O) groups excluding carboxylic acids is 1. The summed E-state index contributed by atoms with van der Waals surface area (Å²) in [4.78, 5) is 11.1. The molecule has 0 heterocycles. The van der Waals surface area contributed by atoms with Crippen LogP contribution in [0.3, 0.4) is 0 Å². The van der Waals surface area contributed by atoms with Crippen LogP contribution in [0.5, 0.6) is 0 Å². The molecule has 0 unspecified atom stereocenters. The van der Waals surface area contributed by atoms with Gasteiger partial charge in [0.2, 0.25) is 0 Å². The van der Waals surface area contributed by atoms with Gasteiger partial charge in [-0.2, -0.15) is 0 Å². The predicted molar refractivity (Wildman–Crippen MR) is 43.9 cm³/mol. The van der Waals surface area contributed by atoms with Crippen molar-refractivity contribution < 1.29 is 27.2 Å². The Kier molecular flexibility index (Phi) is 8.99. The molecular formula is C9H18AuO. The Morgan fingerprint density at radius 1 is 1.00 bits per heavy atom. The summed E-state index contributed by atoms with van der Waals surface area (Å²) < 4.78 is 0. The molecule has 0 aliphatic rings. The fourth-order valence-corrected chi connectivity index (χ4v) is 0.994. The minimum Gasteiger partial charge on any atom is -0.300 e. The van der Waals surface area contributed by atoms with E-state index in [4.69, 9.17) is 0 Å². The number of hydrogen-bond donors (Lipinski definition) is 0. The van der Waals surface area contributed by atoms with Crippen LogP contribution >= 0.6 is 0 Å². The van der Waals surface area contributed by atoms with Crippen LogP contribution in [0.15, 0.2) is 0 Å². The standard InChI is InChI=1S/C9H18O.Au/c1-7(2)5-9(10)6-8(3)4;/h7-8H,5-6H2,1-4H3;. The number of Topliss-reactive ketones (excluding diaryl/α,β-unsaturated/α-hetero) is 1. The van der Waals surface area contributed by atoms with Crippen LogP contribution < -0.4 is 0 Å². The molecule has 0 bridgehead atoms. The van der Waals surface area contributed by atoms with E-state index in [-0.39, 0.29) is 22.4 Å². The van der Waals surface area contributed by atoms with Gasteiger partial charge in [0, 0.05) is 35.2 Å². The third-order valence-electron chi connectivity index (χ3n) is 1.27. The Bertz CT molecular complexity index is 96.1. The van der Waals surface area contributed by atoms with Gasteiger partial charge in [-0.3, -0.25) is 4.79 Å². The fraction of sp³-hybridized carbons (Fsp3) is 0.889. The number of hydrogen-bond acceptors (Lipinski definition) is 1. The van der Waals surface area contributed by atoms with Crippen LogP contribution in [0, 0.1) is 11.8 Å². The maximum atomic E-state index is 11.1. The first-order chi connectivity index (χ1) is 4.52. The summed E-state index contributed by atoms with van der Waals surface area (Å²) in [6.45, 7) is 8.33. The van der Waals surface area contributed by atoms with Gasteiger partial charge in [0.05, 0.1) is 0 Å². The molecule has 0 fully saturated rings. The molecule has 11 heavy (non-hydrogen) atoms. The van der Waals surface area contributed by atoms with Crippen LogP contribution in [0.1, 0.15) is 40.5 Å². The second kappa shape index (κ2) is 7.08. The largest absolute Gasteiger partial charge is 0.300 e. The van der Waals surface area contributed by atoms with Crippen LogP contribution in [0.4, 0.5) is 0 Å². The number of carbonyl (C=O) groups is 1. The Hall–Kier alpha value is 0.410. The van der Waals surface area contributed by atoms with E-state index in [2.05, 4.69) is 27.7 Å². The van der Waals surface area contributed by atoms with E-state index in [1.54, 1.807) is 0 Å². The molecule has 0 rings (SSSR count). The van der Waals surface area contributed by atoms with Crippen molar-refractivity contribution >= 4 is 5.78 Å². The summed E-state index contributed by atoms with van der Waals surface area (Å²) in [5.74, 6) is 1.45. The molecule has 1 nitrogen and oxygen atoms in total. The van der Waals surface area contributed by atoms with Crippen molar-refractivity contribution in [2.24, 2.45) is 11.8 Å². The van der Waals surface area contributed by atoms with Crippen molar-refractivity contribution in [2.45, 2.75) is 40.5 Å². The molecule has 0 spiro atoms. The zero-order chi connectivity index (χ0) is 8.15. The van der Waals surface area contributed by atoms with E-state index in [1.807, 2.05) is 0 Å². The summed E-state index contributed by atoms with van der Waals surface area (Å²) in [5.41, 5.74) is 0. The summed E-state index contributed by atoms with van der Waals surface area (Å²) in [6.07, 6.45) is 1.50. The molecule has 0 amide bonds. The maximum Gasteiger partial charge on any atom is 0.133 e. The average Bonchev–Trinajstić information content (AvgIpc) is 1.58. The SMILES string of the molecule is CC(C)CC(=O)CC(C)C.[Au]. The molecule has 2 heteroatoms. The molecule has 0 atom stereocenters. The van der Waals surface area contributed by atoms with Gasteiger partial charge in [-0.05, 0) is 11.8 Å². The van der Waals surface area contributed by atoms with Gasteiger partial charge >= 0.3 is 0 Å². The van der Waals surface area contributed by atoms with Crippen molar-refractivity contribution in [3.05, 3.63) is 0 Å². The van der Waals surface area contributed by atoms with Crippen molar-refractivity contribution in [1.29, 1.82) is 0 Å². The topological polar surface area (TPSA) is 17.1 Å². The second-order valence-electron chi connectivity index (χ2n) is 3.73. The third-order valence-corrected chi connectivity index (χ3v) is 1.27. The van der Waals surface area contributed by atoms with E-state index < -0.39 is 0 Å².